The summed E-state index contributed by atoms with van der Waals surface area (Å²) in [6.07, 6.45) is 41.5. The first-order valence-corrected chi connectivity index (χ1v) is 44.4. The summed E-state index contributed by atoms with van der Waals surface area (Å²) in [6, 6.07) is 7.18. The molecule has 0 saturated heterocycles. The molecule has 0 unspecified atom stereocenters. The Labute approximate surface area is 752 Å². The third-order valence-electron chi connectivity index (χ3n) is 17.8. The van der Waals surface area contributed by atoms with Crippen LogP contribution in [0.25, 0.3) is 0 Å². The molecule has 14 aromatic rings. The van der Waals surface area contributed by atoms with Crippen LogP contribution < -0.4 is 17.2 Å². The van der Waals surface area contributed by atoms with Crippen molar-refractivity contribution in [2.24, 2.45) is 7.05 Å². The number of aromatic nitrogens is 26. The van der Waals surface area contributed by atoms with Gasteiger partial charge in [-0.2, -0.15) is 45.6 Å². The fourth-order valence-electron chi connectivity index (χ4n) is 9.82. The standard InChI is InChI=1S/C8H14N2.C8H13N.2C7H13N3.2C7H12N2.C7H11NO.C7H11N.C6H11N3.C6H10N2O.C6H10N2S.2C6H10N2.C5H9N3/c1-4-10-6-8(5-9-10)7(2)3;1-6(2)8-5-9-4-7(8)3;1-5(2)10-4-7(8)6(3)9-10;1-5(2)10-6(3)7(8)4-9-10;1-6(2)7-4-8-9(3)5-7;1-6(2)9-4-7(3)8-5-9;1-5(2)7-8-4-6(3)9-7;1-6(2)7-3-4-8-5-7;1-5(2)9-4-6(7)3-8-9;2*1-4(2)6-8-7-5(3)9-6;1-6(2)8-4-3-7-5-8;1-6(2)8-5-3-4-7-8;1-5(2)8-6-3-4-7-8/h5-7H,4H2,1-3H3;4-6,9H,1-3H3;2*4-5H,8H2,1-3H3;2*4-6H,1-3H3;4-5H,1-3H3;3-6,8H,1-2H3;3-5H,7H2,1-2H3;2*4H,1-3H3;2*3-6H,1-2H3;3-5H,1-2H3. The van der Waals surface area contributed by atoms with Gasteiger partial charge in [0.15, 0.2) is 5.89 Å². The van der Waals surface area contributed by atoms with E-state index >= 15 is 0 Å². The van der Waals surface area contributed by atoms with Crippen molar-refractivity contribution in [1.82, 2.24) is 128 Å². The highest BCUT2D eigenvalue weighted by Crippen LogP contribution is 2.21. The van der Waals surface area contributed by atoms with E-state index in [9.17, 15) is 0 Å². The van der Waals surface area contributed by atoms with E-state index in [1.165, 1.54) is 27.8 Å². The van der Waals surface area contributed by atoms with Crippen LogP contribution in [0, 0.1) is 48.5 Å². The first kappa shape index (κ1) is 112. The molecule has 0 spiro atoms. The molecule has 31 nitrogen and oxygen atoms in total. The Bertz CT molecular complexity index is 4360. The molecule has 0 aliphatic carbocycles. The summed E-state index contributed by atoms with van der Waals surface area (Å²) in [6.45, 7) is 75.9. The zero-order valence-corrected chi connectivity index (χ0v) is 83.7. The summed E-state index contributed by atoms with van der Waals surface area (Å²) >= 11 is 1.67. The Balaban J connectivity index is 0.000000673. The molecule has 0 atom stereocenters. The van der Waals surface area contributed by atoms with E-state index in [1.807, 2.05) is 184 Å². The van der Waals surface area contributed by atoms with E-state index < -0.39 is 0 Å². The van der Waals surface area contributed by atoms with Gasteiger partial charge in [0.25, 0.3) is 0 Å². The summed E-state index contributed by atoms with van der Waals surface area (Å²) in [7, 11) is 1.94. The molecule has 694 valence electrons. The van der Waals surface area contributed by atoms with Crippen LogP contribution in [0.3, 0.4) is 0 Å². The van der Waals surface area contributed by atoms with Crippen molar-refractivity contribution in [3.8, 4) is 0 Å². The van der Waals surface area contributed by atoms with Crippen LogP contribution >= 0.6 is 11.3 Å². The molecule has 0 fully saturated rings. The Morgan fingerprint density at radius 3 is 1.27 bits per heavy atom. The summed E-state index contributed by atoms with van der Waals surface area (Å²) < 4.78 is 25.8. The number of nitrogens with zero attached hydrogens (tertiary/aromatic N) is 24. The van der Waals surface area contributed by atoms with Crippen molar-refractivity contribution in [1.29, 1.82) is 0 Å². The van der Waals surface area contributed by atoms with Gasteiger partial charge >= 0.3 is 0 Å². The highest BCUT2D eigenvalue weighted by Gasteiger charge is 2.10. The minimum atomic E-state index is 0.339. The molecule has 14 heterocycles. The largest absolute Gasteiger partial charge is 0.446 e. The number of nitrogens with two attached hydrogens (primary N) is 3. The molecule has 8 N–H and O–H groups in total. The number of nitrogens with one attached hydrogen (secondary N) is 2. The van der Waals surface area contributed by atoms with Crippen molar-refractivity contribution < 1.29 is 8.83 Å². The molecule has 0 saturated carbocycles. The van der Waals surface area contributed by atoms with Gasteiger partial charge in [-0.1, -0.05) is 96.9 Å². The number of hydrogen-bond acceptors (Lipinski definition) is 21. The molecule has 125 heavy (non-hydrogen) atoms. The van der Waals surface area contributed by atoms with Crippen molar-refractivity contribution in [3.63, 3.8) is 0 Å². The second kappa shape index (κ2) is 59.5. The van der Waals surface area contributed by atoms with Gasteiger partial charge in [0.05, 0.1) is 96.2 Å². The summed E-state index contributed by atoms with van der Waals surface area (Å²) in [4.78, 5) is 19.8. The molecule has 0 aliphatic rings. The van der Waals surface area contributed by atoms with Gasteiger partial charge in [-0.15, -0.1) is 31.7 Å². The number of oxazole rings is 1. The third kappa shape index (κ3) is 46.3. The lowest BCUT2D eigenvalue weighted by atomic mass is 10.0. The monoisotopic (exact) mass is 1750 g/mol. The molecule has 0 bridgehead atoms. The first-order chi connectivity index (χ1) is 58.6. The van der Waals surface area contributed by atoms with Crippen molar-refractivity contribution >= 4 is 28.4 Å². The van der Waals surface area contributed by atoms with Crippen LogP contribution in [-0.2, 0) is 13.6 Å². The molecule has 32 heteroatoms. The number of anilines is 3. The van der Waals surface area contributed by atoms with E-state index in [1.54, 1.807) is 66.4 Å². The maximum Gasteiger partial charge on any atom is 0.219 e. The van der Waals surface area contributed by atoms with E-state index in [-0.39, 0.29) is 0 Å². The van der Waals surface area contributed by atoms with Gasteiger partial charge in [-0.25, -0.2) is 15.0 Å². The van der Waals surface area contributed by atoms with Crippen molar-refractivity contribution in [2.45, 2.75) is 340 Å². The summed E-state index contributed by atoms with van der Waals surface area (Å²) in [5, 5.41) is 50.0. The van der Waals surface area contributed by atoms with Crippen LogP contribution in [-0.4, -0.2) is 128 Å². The number of H-pyrrole nitrogens is 2. The quantitative estimate of drug-likeness (QED) is 0.0636. The molecular formula is C93H159N29O2S. The smallest absolute Gasteiger partial charge is 0.219 e. The maximum atomic E-state index is 5.60. The van der Waals surface area contributed by atoms with Gasteiger partial charge in [-0.3, -0.25) is 28.1 Å². The Kier molecular flexibility index (Phi) is 53.2. The molecule has 0 aliphatic heterocycles. The Morgan fingerprint density at radius 2 is 1.04 bits per heavy atom. The van der Waals surface area contributed by atoms with Crippen LogP contribution in [0.15, 0.2) is 158 Å². The minimum Gasteiger partial charge on any atom is -0.446 e. The number of imidazole rings is 2. The van der Waals surface area contributed by atoms with E-state index in [0.717, 1.165) is 62.4 Å². The second-order valence-electron chi connectivity index (χ2n) is 34.0. The highest BCUT2D eigenvalue weighted by molar-refractivity contribution is 7.11. The number of aromatic amines is 2. The van der Waals surface area contributed by atoms with E-state index in [4.69, 9.17) is 26.0 Å². The maximum absolute atomic E-state index is 5.60. The summed E-state index contributed by atoms with van der Waals surface area (Å²) in [5.74, 6) is 6.83. The first-order valence-electron chi connectivity index (χ1n) is 43.6. The fraction of sp³-hybridized carbons (Fsp3) is 0.559. The number of aryl methyl sites for hydroxylation is 8. The average molecular weight is 1750 g/mol. The van der Waals surface area contributed by atoms with Crippen LogP contribution in [0.2, 0.25) is 0 Å². The van der Waals surface area contributed by atoms with Crippen molar-refractivity contribution in [2.75, 3.05) is 17.2 Å². The van der Waals surface area contributed by atoms with Gasteiger partial charge < -0.3 is 45.1 Å². The molecule has 0 radical (unpaired) electrons. The van der Waals surface area contributed by atoms with Gasteiger partial charge in [0.1, 0.15) is 15.8 Å². The normalized spacial score (nSPS) is 10.6. The Hall–Kier alpha value is -11.3. The number of nitrogen functional groups attached to an aromatic ring is 3. The minimum absolute atomic E-state index is 0.339. The van der Waals surface area contributed by atoms with Crippen LogP contribution in [0.5, 0.6) is 0 Å². The molecule has 14 rings (SSSR count). The number of hydrogen-bond donors (Lipinski definition) is 5. The lowest BCUT2D eigenvalue weighted by molar-refractivity contribution is 0.447. The second-order valence-corrected chi connectivity index (χ2v) is 35.2. The fourth-order valence-corrected chi connectivity index (χ4v) is 10.5. The predicted molar refractivity (Wildman–Crippen MR) is 515 cm³/mol. The number of rotatable bonds is 15. The molecular weight excluding hydrogens is 1590 g/mol. The van der Waals surface area contributed by atoms with E-state index in [2.05, 4.69) is 294 Å². The zero-order chi connectivity index (χ0) is 94.9. The SMILES string of the molecule is CC(C)c1cc[nH]c1.CC(C)c1cnn(C)c1.CC(C)n1cc(N)cn1.CC(C)n1cccn1.CC(C)n1ccnc1.CC(C)n1nccn1.CCn1cc(C(C)C)cn1.Cc1c(N)cnn1C(C)C.Cc1c[nH]cc1C(C)C.Cc1cn(C(C)C)cn1.Cc1cnc(C(C)C)o1.Cc1nn(C(C)C)cc1N.Cc1nnc(C(C)C)o1.Cc1nnc(C(C)C)s1. The average Bonchev–Trinajstić information content (AvgIpc) is 1.72. The van der Waals surface area contributed by atoms with E-state index in [0.29, 0.717) is 95.5 Å². The van der Waals surface area contributed by atoms with Crippen molar-refractivity contribution in [3.05, 3.63) is 227 Å². The van der Waals surface area contributed by atoms with Gasteiger partial charge in [0.2, 0.25) is 11.8 Å². The summed E-state index contributed by atoms with van der Waals surface area (Å²) in [5.41, 5.74) is 28.7. The van der Waals surface area contributed by atoms with Gasteiger partial charge in [-0.05, 0) is 209 Å². The topological polar surface area (TPSA) is 374 Å². The molecule has 0 amide bonds. The van der Waals surface area contributed by atoms with Crippen LogP contribution in [0.1, 0.15) is 363 Å². The lowest BCUT2D eigenvalue weighted by Crippen LogP contribution is -2.04. The molecule has 0 aromatic carbocycles. The van der Waals surface area contributed by atoms with Crippen LogP contribution in [0.4, 0.5) is 17.1 Å². The predicted octanol–water partition coefficient (Wildman–Crippen LogP) is 23.0. The third-order valence-corrected chi connectivity index (χ3v) is 18.9. The molecule has 14 aromatic heterocycles. The van der Waals surface area contributed by atoms with Gasteiger partial charge in [0, 0.05) is 155 Å². The Morgan fingerprint density at radius 1 is 0.440 bits per heavy atom. The highest BCUT2D eigenvalue weighted by atomic mass is 32.1. The zero-order valence-electron chi connectivity index (χ0n) is 82.8. The lowest BCUT2D eigenvalue weighted by Gasteiger charge is -2.06.